The molecule has 3 rings (SSSR count). The number of benzene rings is 1. The van der Waals surface area contributed by atoms with E-state index in [1.165, 1.54) is 27.8 Å². The maximum atomic E-state index is 12.3. The van der Waals surface area contributed by atoms with Gasteiger partial charge in [-0.05, 0) is 43.3 Å². The standard InChI is InChI=1S/C19H21N3O2S/c1-12-4-5-13(2)16(10-12)14(3)21-17(23)6-8-22-11-20-18-15(19(22)24)7-9-25-18/h4-5,7,9-11,14H,6,8H2,1-3H3,(H,21,23)/t14-/m0/s1. The van der Waals surface area contributed by atoms with Gasteiger partial charge in [0.2, 0.25) is 5.91 Å². The Hall–Kier alpha value is -2.47. The molecule has 0 spiro atoms. The molecule has 0 aliphatic rings. The molecule has 2 aromatic heterocycles. The first-order valence-corrected chi connectivity index (χ1v) is 9.13. The molecule has 2 heterocycles. The molecule has 25 heavy (non-hydrogen) atoms. The normalized spacial score (nSPS) is 12.3. The number of hydrogen-bond donors (Lipinski definition) is 1. The topological polar surface area (TPSA) is 64.0 Å². The van der Waals surface area contributed by atoms with Crippen molar-refractivity contribution in [3.63, 3.8) is 0 Å². The van der Waals surface area contributed by atoms with Gasteiger partial charge in [-0.2, -0.15) is 0 Å². The van der Waals surface area contributed by atoms with Crippen LogP contribution in [0.5, 0.6) is 0 Å². The van der Waals surface area contributed by atoms with Gasteiger partial charge in [-0.25, -0.2) is 4.98 Å². The lowest BCUT2D eigenvalue weighted by Gasteiger charge is -2.17. The van der Waals surface area contributed by atoms with Crippen LogP contribution < -0.4 is 10.9 Å². The fourth-order valence-electron chi connectivity index (χ4n) is 2.89. The summed E-state index contributed by atoms with van der Waals surface area (Å²) in [6, 6.07) is 7.93. The van der Waals surface area contributed by atoms with Gasteiger partial charge < -0.3 is 5.32 Å². The fourth-order valence-corrected chi connectivity index (χ4v) is 3.62. The summed E-state index contributed by atoms with van der Waals surface area (Å²) in [5, 5.41) is 5.47. The molecular weight excluding hydrogens is 334 g/mol. The molecule has 130 valence electrons. The molecule has 1 amide bonds. The number of fused-ring (bicyclic) bond motifs is 1. The third-order valence-electron chi connectivity index (χ3n) is 4.31. The van der Waals surface area contributed by atoms with Crippen LogP contribution in [0.3, 0.4) is 0 Å². The van der Waals surface area contributed by atoms with Gasteiger partial charge in [0.15, 0.2) is 0 Å². The van der Waals surface area contributed by atoms with Crippen LogP contribution in [0.1, 0.15) is 36.1 Å². The summed E-state index contributed by atoms with van der Waals surface area (Å²) in [5.41, 5.74) is 3.35. The summed E-state index contributed by atoms with van der Waals surface area (Å²) in [7, 11) is 0. The molecule has 1 N–H and O–H groups in total. The number of hydrogen-bond acceptors (Lipinski definition) is 4. The van der Waals surface area contributed by atoms with E-state index < -0.39 is 0 Å². The largest absolute Gasteiger partial charge is 0.350 e. The number of thiophene rings is 1. The summed E-state index contributed by atoms with van der Waals surface area (Å²) < 4.78 is 1.50. The second-order valence-electron chi connectivity index (χ2n) is 6.28. The number of nitrogens with zero attached hydrogens (tertiary/aromatic N) is 2. The molecule has 1 aromatic carbocycles. The van der Waals surface area contributed by atoms with Gasteiger partial charge in [0.25, 0.3) is 5.56 Å². The highest BCUT2D eigenvalue weighted by Gasteiger charge is 2.13. The molecule has 0 fully saturated rings. The number of carbonyl (C=O) groups is 1. The van der Waals surface area contributed by atoms with Gasteiger partial charge in [0, 0.05) is 13.0 Å². The van der Waals surface area contributed by atoms with Gasteiger partial charge >= 0.3 is 0 Å². The van der Waals surface area contributed by atoms with Crippen molar-refractivity contribution in [1.82, 2.24) is 14.9 Å². The lowest BCUT2D eigenvalue weighted by atomic mass is 10.00. The van der Waals surface area contributed by atoms with Crippen LogP contribution in [0, 0.1) is 13.8 Å². The summed E-state index contributed by atoms with van der Waals surface area (Å²) >= 11 is 1.44. The quantitative estimate of drug-likeness (QED) is 0.763. The predicted octanol–water partition coefficient (Wildman–Crippen LogP) is 3.34. The number of aryl methyl sites for hydroxylation is 3. The second kappa shape index (κ2) is 7.19. The van der Waals surface area contributed by atoms with Crippen LogP contribution in [-0.2, 0) is 11.3 Å². The number of nitrogens with one attached hydrogen (secondary N) is 1. The van der Waals surface area contributed by atoms with Crippen LogP contribution >= 0.6 is 11.3 Å². The summed E-state index contributed by atoms with van der Waals surface area (Å²) in [6.45, 7) is 6.38. The molecule has 0 unspecified atom stereocenters. The van der Waals surface area contributed by atoms with E-state index in [-0.39, 0.29) is 23.9 Å². The molecule has 3 aromatic rings. The molecule has 0 aliphatic carbocycles. The maximum absolute atomic E-state index is 12.3. The minimum Gasteiger partial charge on any atom is -0.350 e. The lowest BCUT2D eigenvalue weighted by molar-refractivity contribution is -0.121. The molecule has 0 bridgehead atoms. The van der Waals surface area contributed by atoms with Crippen molar-refractivity contribution < 1.29 is 4.79 Å². The second-order valence-corrected chi connectivity index (χ2v) is 7.18. The highest BCUT2D eigenvalue weighted by molar-refractivity contribution is 7.16. The van der Waals surface area contributed by atoms with E-state index >= 15 is 0 Å². The molecule has 6 heteroatoms. The van der Waals surface area contributed by atoms with E-state index in [0.717, 1.165) is 16.0 Å². The van der Waals surface area contributed by atoms with Crippen molar-refractivity contribution in [2.75, 3.05) is 0 Å². The van der Waals surface area contributed by atoms with E-state index in [2.05, 4.69) is 28.5 Å². The Morgan fingerprint density at radius 3 is 2.92 bits per heavy atom. The zero-order chi connectivity index (χ0) is 18.0. The van der Waals surface area contributed by atoms with Crippen LogP contribution in [0.2, 0.25) is 0 Å². The number of aromatic nitrogens is 2. The van der Waals surface area contributed by atoms with Crippen molar-refractivity contribution in [2.45, 2.75) is 39.8 Å². The number of rotatable bonds is 5. The van der Waals surface area contributed by atoms with E-state index in [0.29, 0.717) is 11.9 Å². The Bertz CT molecular complexity index is 974. The molecule has 0 aliphatic heterocycles. The van der Waals surface area contributed by atoms with Crippen molar-refractivity contribution in [3.8, 4) is 0 Å². The molecule has 1 atom stereocenters. The zero-order valence-electron chi connectivity index (χ0n) is 14.6. The number of carbonyl (C=O) groups excluding carboxylic acids is 1. The number of amides is 1. The van der Waals surface area contributed by atoms with Gasteiger partial charge in [-0.1, -0.05) is 23.8 Å². The molecule has 0 saturated carbocycles. The maximum Gasteiger partial charge on any atom is 0.262 e. The molecule has 5 nitrogen and oxygen atoms in total. The van der Waals surface area contributed by atoms with Crippen molar-refractivity contribution >= 4 is 27.5 Å². The average molecular weight is 355 g/mol. The van der Waals surface area contributed by atoms with Crippen LogP contribution in [0.25, 0.3) is 10.2 Å². The first-order valence-electron chi connectivity index (χ1n) is 8.25. The Labute approximate surface area is 150 Å². The predicted molar refractivity (Wildman–Crippen MR) is 101 cm³/mol. The SMILES string of the molecule is Cc1ccc(C)c([C@H](C)NC(=O)CCn2cnc3sccc3c2=O)c1. The Morgan fingerprint density at radius 1 is 1.32 bits per heavy atom. The Balaban J connectivity index is 1.65. The van der Waals surface area contributed by atoms with E-state index in [4.69, 9.17) is 0 Å². The van der Waals surface area contributed by atoms with Crippen LogP contribution in [0.15, 0.2) is 40.8 Å². The van der Waals surface area contributed by atoms with Gasteiger partial charge in [-0.15, -0.1) is 11.3 Å². The zero-order valence-corrected chi connectivity index (χ0v) is 15.4. The van der Waals surface area contributed by atoms with Gasteiger partial charge in [-0.3, -0.25) is 14.2 Å². The van der Waals surface area contributed by atoms with Crippen molar-refractivity contribution in [2.24, 2.45) is 0 Å². The molecular formula is C19H21N3O2S. The minimum atomic E-state index is -0.0957. The Morgan fingerprint density at radius 2 is 2.12 bits per heavy atom. The van der Waals surface area contributed by atoms with Crippen LogP contribution in [0.4, 0.5) is 0 Å². The summed E-state index contributed by atoms with van der Waals surface area (Å²) in [5.74, 6) is -0.0780. The highest BCUT2D eigenvalue weighted by Crippen LogP contribution is 2.19. The van der Waals surface area contributed by atoms with Crippen LogP contribution in [-0.4, -0.2) is 15.5 Å². The van der Waals surface area contributed by atoms with Gasteiger partial charge in [0.05, 0.1) is 17.8 Å². The third kappa shape index (κ3) is 3.79. The first kappa shape index (κ1) is 17.4. The monoisotopic (exact) mass is 355 g/mol. The average Bonchev–Trinajstić information content (AvgIpc) is 3.06. The smallest absolute Gasteiger partial charge is 0.262 e. The summed E-state index contributed by atoms with van der Waals surface area (Å²) in [6.07, 6.45) is 1.76. The van der Waals surface area contributed by atoms with Crippen molar-refractivity contribution in [3.05, 3.63) is 63.0 Å². The summed E-state index contributed by atoms with van der Waals surface area (Å²) in [4.78, 5) is 29.6. The first-order chi connectivity index (χ1) is 12.0. The minimum absolute atomic E-state index is 0.0680. The van der Waals surface area contributed by atoms with E-state index in [9.17, 15) is 9.59 Å². The van der Waals surface area contributed by atoms with Crippen molar-refractivity contribution in [1.29, 1.82) is 0 Å². The lowest BCUT2D eigenvalue weighted by Crippen LogP contribution is -2.29. The molecule has 0 radical (unpaired) electrons. The van der Waals surface area contributed by atoms with E-state index in [1.54, 1.807) is 6.07 Å². The Kier molecular flexibility index (Phi) is 4.99. The molecule has 0 saturated heterocycles. The highest BCUT2D eigenvalue weighted by atomic mass is 32.1. The fraction of sp³-hybridized carbons (Fsp3) is 0.316. The van der Waals surface area contributed by atoms with E-state index in [1.807, 2.05) is 26.2 Å². The third-order valence-corrected chi connectivity index (χ3v) is 5.13. The van der Waals surface area contributed by atoms with Gasteiger partial charge in [0.1, 0.15) is 4.83 Å².